The minimum atomic E-state index is -0.324. The van der Waals surface area contributed by atoms with E-state index >= 15 is 0 Å². The molecule has 0 bridgehead atoms. The number of ether oxygens (including phenoxy) is 1. The number of methoxy groups -OCH3 is 1. The molecule has 0 saturated carbocycles. The molecule has 0 aliphatic rings. The van der Waals surface area contributed by atoms with Crippen LogP contribution in [0.25, 0.3) is 11.1 Å². The molecule has 0 aromatic heterocycles. The highest BCUT2D eigenvalue weighted by atomic mass is 127. The first-order valence-electron chi connectivity index (χ1n) is 5.82. The predicted molar refractivity (Wildman–Crippen MR) is 91.7 cm³/mol. The van der Waals surface area contributed by atoms with Gasteiger partial charge in [-0.25, -0.2) is 4.79 Å². The molecule has 0 radical (unpaired) electrons. The summed E-state index contributed by atoms with van der Waals surface area (Å²) >= 11 is 2.15. The van der Waals surface area contributed by atoms with Gasteiger partial charge in [-0.3, -0.25) is 0 Å². The highest BCUT2D eigenvalue weighted by Crippen LogP contribution is 2.21. The predicted octanol–water partition coefficient (Wildman–Crippen LogP) is 4.53. The zero-order chi connectivity index (χ0) is 14.4. The highest BCUT2D eigenvalue weighted by Gasteiger charge is 2.05. The van der Waals surface area contributed by atoms with E-state index in [4.69, 9.17) is 0 Å². The minimum absolute atomic E-state index is 0.324. The molecule has 2 rings (SSSR count). The maximum Gasteiger partial charge on any atom is 0.337 e. The third-order valence-corrected chi connectivity index (χ3v) is 3.58. The Morgan fingerprint density at radius 2 is 1.90 bits per heavy atom. The minimum Gasteiger partial charge on any atom is -0.465 e. The van der Waals surface area contributed by atoms with Crippen molar-refractivity contribution in [1.29, 1.82) is 0 Å². The molecule has 0 spiro atoms. The van der Waals surface area contributed by atoms with E-state index in [1.54, 1.807) is 12.1 Å². The quantitative estimate of drug-likeness (QED) is 0.425. The molecule has 2 aromatic carbocycles. The lowest BCUT2D eigenvalue weighted by Crippen LogP contribution is -2.00. The van der Waals surface area contributed by atoms with Crippen LogP contribution in [0.3, 0.4) is 0 Å². The third kappa shape index (κ3) is 3.78. The summed E-state index contributed by atoms with van der Waals surface area (Å²) in [6.07, 6.45) is 0. The summed E-state index contributed by atoms with van der Waals surface area (Å²) in [5, 5.41) is 2.97. The Hall–Kier alpha value is -1.45. The number of hydrogen-bond donors (Lipinski definition) is 0. The van der Waals surface area contributed by atoms with Crippen LogP contribution in [0.15, 0.2) is 48.5 Å². The second kappa shape index (κ2) is 7.36. The molecule has 0 aliphatic carbocycles. The van der Waals surface area contributed by atoms with E-state index in [1.165, 1.54) is 16.0 Å². The molecule has 0 atom stereocenters. The summed E-state index contributed by atoms with van der Waals surface area (Å²) in [5.41, 5.74) is 3.65. The fraction of sp³-hybridized carbons (Fsp3) is 0.0625. The first-order valence-corrected chi connectivity index (χ1v) is 9.18. The summed E-state index contributed by atoms with van der Waals surface area (Å²) in [5.74, 6) is 2.75. The Kier molecular flexibility index (Phi) is 5.50. The molecule has 0 heterocycles. The standard InChI is InChI=1S/C16H11IO2S/c1-19-16(18)14-7-5-13(6-8-14)15-4-2-3-12(11-15)9-10-20-17/h2-8,11H,1H3. The van der Waals surface area contributed by atoms with Crippen molar-refractivity contribution in [3.8, 4) is 22.3 Å². The van der Waals surface area contributed by atoms with Gasteiger partial charge in [0.2, 0.25) is 0 Å². The van der Waals surface area contributed by atoms with Crippen molar-refractivity contribution in [3.63, 3.8) is 0 Å². The molecule has 4 heteroatoms. The molecular weight excluding hydrogens is 383 g/mol. The van der Waals surface area contributed by atoms with E-state index < -0.39 is 0 Å². The van der Waals surface area contributed by atoms with E-state index in [0.717, 1.165) is 16.7 Å². The Morgan fingerprint density at radius 1 is 1.15 bits per heavy atom. The van der Waals surface area contributed by atoms with E-state index in [1.807, 2.05) is 36.4 Å². The number of rotatable bonds is 2. The van der Waals surface area contributed by atoms with E-state index in [-0.39, 0.29) is 5.97 Å². The summed E-state index contributed by atoms with van der Waals surface area (Å²) < 4.78 is 4.69. The Balaban J connectivity index is 2.30. The molecule has 2 nitrogen and oxygen atoms in total. The number of halogens is 1. The second-order valence-corrected chi connectivity index (χ2v) is 5.63. The molecule has 20 heavy (non-hydrogen) atoms. The van der Waals surface area contributed by atoms with Crippen molar-refractivity contribution in [2.45, 2.75) is 0 Å². The average Bonchev–Trinajstić information content (AvgIpc) is 2.52. The largest absolute Gasteiger partial charge is 0.465 e. The van der Waals surface area contributed by atoms with E-state index in [0.29, 0.717) is 5.56 Å². The van der Waals surface area contributed by atoms with Crippen molar-refractivity contribution < 1.29 is 9.53 Å². The smallest absolute Gasteiger partial charge is 0.337 e. The fourth-order valence-corrected chi connectivity index (χ4v) is 2.26. The Bertz CT molecular complexity index is 669. The van der Waals surface area contributed by atoms with Gasteiger partial charge in [-0.05, 0) is 49.6 Å². The number of carbonyl (C=O) groups is 1. The van der Waals surface area contributed by atoms with Gasteiger partial charge in [0.25, 0.3) is 0 Å². The maximum absolute atomic E-state index is 11.4. The number of carbonyl (C=O) groups excluding carboxylic acids is 1. The van der Waals surface area contributed by atoms with Gasteiger partial charge < -0.3 is 4.74 Å². The van der Waals surface area contributed by atoms with Gasteiger partial charge in [0.1, 0.15) is 0 Å². The molecule has 0 saturated heterocycles. The summed E-state index contributed by atoms with van der Waals surface area (Å²) in [6, 6.07) is 15.4. The second-order valence-electron chi connectivity index (χ2n) is 3.95. The van der Waals surface area contributed by atoms with Crippen LogP contribution in [0.5, 0.6) is 0 Å². The highest BCUT2D eigenvalue weighted by molar-refractivity contribution is 14.2. The van der Waals surface area contributed by atoms with Gasteiger partial charge in [-0.2, -0.15) is 0 Å². The summed E-state index contributed by atoms with van der Waals surface area (Å²) in [4.78, 5) is 11.4. The van der Waals surface area contributed by atoms with Crippen LogP contribution in [0, 0.1) is 11.2 Å². The van der Waals surface area contributed by atoms with E-state index in [9.17, 15) is 4.79 Å². The normalized spacial score (nSPS) is 9.50. The summed E-state index contributed by atoms with van der Waals surface area (Å²) in [7, 11) is 2.84. The molecule has 0 unspecified atom stereocenters. The van der Waals surface area contributed by atoms with Crippen molar-refractivity contribution in [2.24, 2.45) is 0 Å². The van der Waals surface area contributed by atoms with E-state index in [2.05, 4.69) is 37.1 Å². The van der Waals surface area contributed by atoms with Gasteiger partial charge in [0, 0.05) is 26.8 Å². The number of hydrogen-bond acceptors (Lipinski definition) is 3. The van der Waals surface area contributed by atoms with Crippen LogP contribution in [0.1, 0.15) is 15.9 Å². The molecule has 0 N–H and O–H groups in total. The lowest BCUT2D eigenvalue weighted by atomic mass is 10.0. The SMILES string of the molecule is COC(=O)c1ccc(-c2cccc(C#CSI)c2)cc1. The molecule has 2 aromatic rings. The molecular formula is C16H11IO2S. The summed E-state index contributed by atoms with van der Waals surface area (Å²) in [6.45, 7) is 0. The average molecular weight is 394 g/mol. The fourth-order valence-electron chi connectivity index (χ4n) is 1.77. The first kappa shape index (κ1) is 14.9. The number of benzene rings is 2. The van der Waals surface area contributed by atoms with Crippen LogP contribution < -0.4 is 0 Å². The zero-order valence-corrected chi connectivity index (χ0v) is 13.7. The maximum atomic E-state index is 11.4. The topological polar surface area (TPSA) is 26.3 Å². The van der Waals surface area contributed by atoms with Crippen molar-refractivity contribution in [2.75, 3.05) is 7.11 Å². The van der Waals surface area contributed by atoms with Gasteiger partial charge in [-0.15, -0.1) is 0 Å². The van der Waals surface area contributed by atoms with Gasteiger partial charge in [-0.1, -0.05) is 30.2 Å². The van der Waals surface area contributed by atoms with Crippen molar-refractivity contribution >= 4 is 36.1 Å². The number of esters is 1. The third-order valence-electron chi connectivity index (χ3n) is 2.74. The van der Waals surface area contributed by atoms with Crippen LogP contribution in [-0.4, -0.2) is 13.1 Å². The van der Waals surface area contributed by atoms with Crippen molar-refractivity contribution in [1.82, 2.24) is 0 Å². The van der Waals surface area contributed by atoms with Crippen LogP contribution in [-0.2, 0) is 4.74 Å². The van der Waals surface area contributed by atoms with Crippen LogP contribution >= 0.6 is 30.1 Å². The molecule has 0 aliphatic heterocycles. The van der Waals surface area contributed by atoms with Gasteiger partial charge >= 0.3 is 5.97 Å². The molecule has 0 fully saturated rings. The first-order chi connectivity index (χ1) is 9.74. The van der Waals surface area contributed by atoms with Gasteiger partial charge in [0.15, 0.2) is 0 Å². The van der Waals surface area contributed by atoms with Crippen molar-refractivity contribution in [3.05, 3.63) is 59.7 Å². The van der Waals surface area contributed by atoms with Gasteiger partial charge in [0.05, 0.1) is 12.7 Å². The Labute approximate surface area is 134 Å². The zero-order valence-electron chi connectivity index (χ0n) is 10.7. The lowest BCUT2D eigenvalue weighted by molar-refractivity contribution is 0.0601. The monoisotopic (exact) mass is 394 g/mol. The van der Waals surface area contributed by atoms with Crippen LogP contribution in [0.4, 0.5) is 0 Å². The molecule has 0 amide bonds. The van der Waals surface area contributed by atoms with Crippen LogP contribution in [0.2, 0.25) is 0 Å². The Morgan fingerprint density at radius 3 is 2.55 bits per heavy atom. The molecule has 100 valence electrons. The lowest BCUT2D eigenvalue weighted by Gasteiger charge is -2.04.